The van der Waals surface area contributed by atoms with Crippen molar-refractivity contribution in [1.82, 2.24) is 0 Å². The van der Waals surface area contributed by atoms with Crippen molar-refractivity contribution in [2.45, 2.75) is 32.0 Å². The van der Waals surface area contributed by atoms with Crippen LogP contribution in [0.2, 0.25) is 0 Å². The van der Waals surface area contributed by atoms with E-state index in [1.54, 1.807) is 19.3 Å². The summed E-state index contributed by atoms with van der Waals surface area (Å²) in [7, 11) is 1.64. The van der Waals surface area contributed by atoms with Crippen molar-refractivity contribution in [1.29, 1.82) is 0 Å². The lowest BCUT2D eigenvalue weighted by Gasteiger charge is -2.13. The molecule has 114 valence electrons. The molecule has 4 nitrogen and oxygen atoms in total. The van der Waals surface area contributed by atoms with Gasteiger partial charge in [-0.05, 0) is 37.0 Å². The molecule has 1 atom stereocenters. The molecule has 1 aromatic rings. The van der Waals surface area contributed by atoms with E-state index in [0.29, 0.717) is 6.61 Å². The minimum Gasteiger partial charge on any atom is -0.497 e. The molecule has 0 radical (unpaired) electrons. The number of hydrogen-bond donors (Lipinski definition) is 1. The van der Waals surface area contributed by atoms with Gasteiger partial charge in [-0.2, -0.15) is 0 Å². The second-order valence-corrected chi connectivity index (χ2v) is 4.60. The third kappa shape index (κ3) is 7.32. The molecule has 1 N–H and O–H groups in total. The fourth-order valence-electron chi connectivity index (χ4n) is 1.82. The van der Waals surface area contributed by atoms with Gasteiger partial charge in [0, 0.05) is 6.08 Å². The zero-order chi connectivity index (χ0) is 15.5. The molecular formula is C17H22O4. The standard InChI is InChI=1S/C17H22O4/c1-3-15(7-5-4-6-8-17(18)19)21-13-14-9-11-16(20-2)12-10-14/h3,6,8-12,15H,1,4-5,7,13H2,2H3,(H,18,19)/b8-6+/t15-/m0/s1. The Balaban J connectivity index is 2.29. The summed E-state index contributed by atoms with van der Waals surface area (Å²) in [4.78, 5) is 10.3. The topological polar surface area (TPSA) is 55.8 Å². The molecule has 0 saturated carbocycles. The van der Waals surface area contributed by atoms with Crippen molar-refractivity contribution in [2.75, 3.05) is 7.11 Å². The number of ether oxygens (including phenoxy) is 2. The molecule has 0 spiro atoms. The maximum absolute atomic E-state index is 10.3. The molecule has 1 rings (SSSR count). The molecule has 0 amide bonds. The zero-order valence-electron chi connectivity index (χ0n) is 12.3. The van der Waals surface area contributed by atoms with Crippen molar-refractivity contribution in [3.8, 4) is 5.75 Å². The number of carboxylic acids is 1. The summed E-state index contributed by atoms with van der Waals surface area (Å²) in [5.74, 6) is -0.0877. The van der Waals surface area contributed by atoms with E-state index in [9.17, 15) is 4.79 Å². The molecule has 0 heterocycles. The summed E-state index contributed by atoms with van der Waals surface area (Å²) in [6.45, 7) is 4.29. The zero-order valence-corrected chi connectivity index (χ0v) is 12.3. The molecule has 0 fully saturated rings. The fourth-order valence-corrected chi connectivity index (χ4v) is 1.82. The number of rotatable bonds is 10. The molecule has 4 heteroatoms. The van der Waals surface area contributed by atoms with Crippen LogP contribution in [-0.2, 0) is 16.1 Å². The largest absolute Gasteiger partial charge is 0.497 e. The first-order valence-electron chi connectivity index (χ1n) is 6.92. The molecule has 1 aromatic carbocycles. The van der Waals surface area contributed by atoms with Gasteiger partial charge < -0.3 is 14.6 Å². The van der Waals surface area contributed by atoms with Crippen LogP contribution in [0.25, 0.3) is 0 Å². The Morgan fingerprint density at radius 3 is 2.67 bits per heavy atom. The normalized spacial score (nSPS) is 12.2. The van der Waals surface area contributed by atoms with Crippen LogP contribution in [0.3, 0.4) is 0 Å². The van der Waals surface area contributed by atoms with E-state index in [4.69, 9.17) is 14.6 Å². The van der Waals surface area contributed by atoms with E-state index in [2.05, 4.69) is 6.58 Å². The van der Waals surface area contributed by atoms with Gasteiger partial charge in [0.05, 0.1) is 19.8 Å². The Labute approximate surface area is 125 Å². The van der Waals surface area contributed by atoms with Crippen LogP contribution >= 0.6 is 0 Å². The minimum absolute atomic E-state index is 0.0228. The first kappa shape index (κ1) is 17.0. The highest BCUT2D eigenvalue weighted by atomic mass is 16.5. The van der Waals surface area contributed by atoms with Crippen molar-refractivity contribution in [3.05, 3.63) is 54.6 Å². The Kier molecular flexibility index (Phi) is 7.90. The summed E-state index contributed by atoms with van der Waals surface area (Å²) in [6.07, 6.45) is 7.00. The van der Waals surface area contributed by atoms with Gasteiger partial charge in [0.1, 0.15) is 5.75 Å². The maximum Gasteiger partial charge on any atom is 0.327 e. The summed E-state index contributed by atoms with van der Waals surface area (Å²) in [6, 6.07) is 7.74. The maximum atomic E-state index is 10.3. The number of benzene rings is 1. The van der Waals surface area contributed by atoms with Crippen molar-refractivity contribution in [3.63, 3.8) is 0 Å². The first-order chi connectivity index (χ1) is 10.2. The Hall–Kier alpha value is -2.07. The minimum atomic E-state index is -0.911. The second-order valence-electron chi connectivity index (χ2n) is 4.60. The van der Waals surface area contributed by atoms with E-state index in [-0.39, 0.29) is 6.10 Å². The van der Waals surface area contributed by atoms with E-state index in [1.165, 1.54) is 6.08 Å². The van der Waals surface area contributed by atoms with Gasteiger partial charge in [0.25, 0.3) is 0 Å². The summed E-state index contributed by atoms with van der Waals surface area (Å²) in [5.41, 5.74) is 1.08. The second kappa shape index (κ2) is 9.77. The lowest BCUT2D eigenvalue weighted by atomic mass is 10.1. The molecule has 0 aliphatic carbocycles. The fraction of sp³-hybridized carbons (Fsp3) is 0.353. The van der Waals surface area contributed by atoms with Gasteiger partial charge in [-0.3, -0.25) is 0 Å². The molecule has 0 unspecified atom stereocenters. The number of unbranched alkanes of at least 4 members (excludes halogenated alkanes) is 1. The van der Waals surface area contributed by atoms with Gasteiger partial charge in [0.2, 0.25) is 0 Å². The number of hydrogen-bond acceptors (Lipinski definition) is 3. The van der Waals surface area contributed by atoms with E-state index >= 15 is 0 Å². The number of allylic oxidation sites excluding steroid dienone is 1. The first-order valence-corrected chi connectivity index (χ1v) is 6.92. The average molecular weight is 290 g/mol. The van der Waals surface area contributed by atoms with Crippen LogP contribution in [-0.4, -0.2) is 24.3 Å². The molecule has 0 bridgehead atoms. The van der Waals surface area contributed by atoms with Gasteiger partial charge in [-0.1, -0.05) is 24.3 Å². The van der Waals surface area contributed by atoms with Crippen molar-refractivity contribution >= 4 is 5.97 Å². The highest BCUT2D eigenvalue weighted by molar-refractivity contribution is 5.79. The van der Waals surface area contributed by atoms with Crippen LogP contribution in [0.4, 0.5) is 0 Å². The number of carboxylic acid groups (broad SMARTS) is 1. The number of methoxy groups -OCH3 is 1. The molecular weight excluding hydrogens is 268 g/mol. The predicted molar refractivity (Wildman–Crippen MR) is 82.4 cm³/mol. The van der Waals surface area contributed by atoms with Crippen LogP contribution in [0, 0.1) is 0 Å². The lowest BCUT2D eigenvalue weighted by molar-refractivity contribution is -0.131. The molecule has 0 aliphatic rings. The number of aliphatic carboxylic acids is 1. The predicted octanol–water partition coefficient (Wildman–Crippen LogP) is 3.58. The van der Waals surface area contributed by atoms with Crippen LogP contribution in [0.15, 0.2) is 49.1 Å². The Bertz CT molecular complexity index is 462. The summed E-state index contributed by atoms with van der Waals surface area (Å²) >= 11 is 0. The highest BCUT2D eigenvalue weighted by Crippen LogP contribution is 2.14. The lowest BCUT2D eigenvalue weighted by Crippen LogP contribution is -2.09. The number of carbonyl (C=O) groups is 1. The Morgan fingerprint density at radius 2 is 2.10 bits per heavy atom. The van der Waals surface area contributed by atoms with Crippen LogP contribution in [0.1, 0.15) is 24.8 Å². The summed E-state index contributed by atoms with van der Waals surface area (Å²) in [5, 5.41) is 8.48. The molecule has 21 heavy (non-hydrogen) atoms. The summed E-state index contributed by atoms with van der Waals surface area (Å²) < 4.78 is 10.9. The Morgan fingerprint density at radius 1 is 1.38 bits per heavy atom. The molecule has 0 aliphatic heterocycles. The smallest absolute Gasteiger partial charge is 0.327 e. The van der Waals surface area contributed by atoms with Gasteiger partial charge in [-0.15, -0.1) is 6.58 Å². The van der Waals surface area contributed by atoms with E-state index in [0.717, 1.165) is 30.6 Å². The third-order valence-corrected chi connectivity index (χ3v) is 3.01. The van der Waals surface area contributed by atoms with Crippen LogP contribution in [0.5, 0.6) is 5.75 Å². The average Bonchev–Trinajstić information content (AvgIpc) is 2.50. The quantitative estimate of drug-likeness (QED) is 0.406. The monoisotopic (exact) mass is 290 g/mol. The SMILES string of the molecule is C=C[C@@H](CCC/C=C/C(=O)O)OCc1ccc(OC)cc1. The van der Waals surface area contributed by atoms with Gasteiger partial charge in [-0.25, -0.2) is 4.79 Å². The van der Waals surface area contributed by atoms with Crippen molar-refractivity contribution in [2.24, 2.45) is 0 Å². The third-order valence-electron chi connectivity index (χ3n) is 3.01. The van der Waals surface area contributed by atoms with Crippen LogP contribution < -0.4 is 4.74 Å². The van der Waals surface area contributed by atoms with Gasteiger partial charge >= 0.3 is 5.97 Å². The van der Waals surface area contributed by atoms with E-state index in [1.807, 2.05) is 24.3 Å². The molecule has 0 aromatic heterocycles. The van der Waals surface area contributed by atoms with Crippen molar-refractivity contribution < 1.29 is 19.4 Å². The van der Waals surface area contributed by atoms with E-state index < -0.39 is 5.97 Å². The highest BCUT2D eigenvalue weighted by Gasteiger charge is 2.04. The van der Waals surface area contributed by atoms with Gasteiger partial charge in [0.15, 0.2) is 0 Å². The molecule has 0 saturated heterocycles.